The van der Waals surface area contributed by atoms with Gasteiger partial charge in [0, 0.05) is 13.1 Å². The number of carbonyl (C=O) groups is 1. The number of aliphatic hydroxyl groups excluding tert-OH is 1. The Morgan fingerprint density at radius 2 is 1.64 bits per heavy atom. The number of nitrogens with zero attached hydrogens (tertiary/aromatic N) is 1. The number of nitrogens with one attached hydrogen (secondary N) is 2. The van der Waals surface area contributed by atoms with Crippen molar-refractivity contribution in [2.24, 2.45) is 0 Å². The Balaban J connectivity index is 1.75. The molecule has 2 amide bonds. The van der Waals surface area contributed by atoms with E-state index >= 15 is 0 Å². The van der Waals surface area contributed by atoms with E-state index in [9.17, 15) is 4.79 Å². The highest BCUT2D eigenvalue weighted by Gasteiger charge is 2.14. The summed E-state index contributed by atoms with van der Waals surface area (Å²) in [6.45, 7) is 1.17. The predicted octanol–water partition coefficient (Wildman–Crippen LogP) is 2.32. The Kier molecular flexibility index (Phi) is 7.44. The summed E-state index contributed by atoms with van der Waals surface area (Å²) in [5.41, 5.74) is 3.20. The number of carbonyl (C=O) groups excluding carboxylic acids is 1. The summed E-state index contributed by atoms with van der Waals surface area (Å²) in [5, 5.41) is 14.9. The van der Waals surface area contributed by atoms with Crippen molar-refractivity contribution < 1.29 is 9.90 Å². The smallest absolute Gasteiger partial charge is 0.314 e. The highest BCUT2D eigenvalue weighted by atomic mass is 16.3. The molecule has 0 aromatic heterocycles. The molecule has 0 fully saturated rings. The molecule has 0 aliphatic rings. The number of hydrogen-bond donors (Lipinski definition) is 3. The average molecular weight is 341 g/mol. The summed E-state index contributed by atoms with van der Waals surface area (Å²) in [6, 6.07) is 17.9. The lowest BCUT2D eigenvalue weighted by atomic mass is 10.1. The molecular weight excluding hydrogens is 314 g/mol. The van der Waals surface area contributed by atoms with Crippen LogP contribution in [0, 0.1) is 0 Å². The van der Waals surface area contributed by atoms with E-state index in [1.54, 1.807) is 0 Å². The lowest BCUT2D eigenvalue weighted by molar-refractivity contribution is 0.233. The van der Waals surface area contributed by atoms with Crippen molar-refractivity contribution in [2.75, 3.05) is 27.2 Å². The third-order valence-corrected chi connectivity index (χ3v) is 4.17. The van der Waals surface area contributed by atoms with Gasteiger partial charge in [0.1, 0.15) is 0 Å². The van der Waals surface area contributed by atoms with E-state index < -0.39 is 0 Å². The molecule has 5 heteroatoms. The van der Waals surface area contributed by atoms with Gasteiger partial charge < -0.3 is 20.6 Å². The molecule has 0 saturated heterocycles. The number of urea groups is 1. The van der Waals surface area contributed by atoms with Gasteiger partial charge in [0.05, 0.1) is 12.6 Å². The maximum absolute atomic E-state index is 12.0. The van der Waals surface area contributed by atoms with Crippen LogP contribution in [0.3, 0.4) is 0 Å². The van der Waals surface area contributed by atoms with Gasteiger partial charge in [0.2, 0.25) is 0 Å². The van der Waals surface area contributed by atoms with Gasteiger partial charge in [-0.3, -0.25) is 0 Å². The summed E-state index contributed by atoms with van der Waals surface area (Å²) in [4.78, 5) is 14.1. The molecule has 0 radical (unpaired) electrons. The number of rotatable bonds is 8. The van der Waals surface area contributed by atoms with Crippen molar-refractivity contribution in [2.45, 2.75) is 19.1 Å². The van der Waals surface area contributed by atoms with Crippen molar-refractivity contribution in [3.05, 3.63) is 71.3 Å². The molecule has 0 heterocycles. The van der Waals surface area contributed by atoms with Crippen molar-refractivity contribution in [3.8, 4) is 0 Å². The fourth-order valence-electron chi connectivity index (χ4n) is 2.66. The highest BCUT2D eigenvalue weighted by Crippen LogP contribution is 2.16. The Morgan fingerprint density at radius 1 is 1.00 bits per heavy atom. The zero-order valence-electron chi connectivity index (χ0n) is 14.9. The van der Waals surface area contributed by atoms with Crippen molar-refractivity contribution in [1.29, 1.82) is 0 Å². The van der Waals surface area contributed by atoms with E-state index in [-0.39, 0.29) is 18.7 Å². The Hall–Kier alpha value is -2.37. The third kappa shape index (κ3) is 6.21. The van der Waals surface area contributed by atoms with Gasteiger partial charge >= 0.3 is 6.03 Å². The fourth-order valence-corrected chi connectivity index (χ4v) is 2.66. The average Bonchev–Trinajstić information content (AvgIpc) is 2.63. The van der Waals surface area contributed by atoms with Gasteiger partial charge in [-0.2, -0.15) is 0 Å². The zero-order valence-corrected chi connectivity index (χ0v) is 14.9. The van der Waals surface area contributed by atoms with E-state index in [0.29, 0.717) is 13.1 Å². The maximum Gasteiger partial charge on any atom is 0.314 e. The Morgan fingerprint density at radius 3 is 2.24 bits per heavy atom. The van der Waals surface area contributed by atoms with Crippen LogP contribution in [0.4, 0.5) is 4.79 Å². The largest absolute Gasteiger partial charge is 0.392 e. The summed E-state index contributed by atoms with van der Waals surface area (Å²) in [6.07, 6.45) is 0.759. The molecule has 0 aliphatic carbocycles. The molecule has 5 nitrogen and oxygen atoms in total. The standard InChI is InChI=1S/C20H27N3O2/c1-23(2)19(18-6-4-3-5-7-18)14-22-20(25)21-13-12-16-8-10-17(15-24)11-9-16/h3-11,19,24H,12-15H2,1-2H3,(H2,21,22,25). The van der Waals surface area contributed by atoms with Crippen LogP contribution in [0.5, 0.6) is 0 Å². The topological polar surface area (TPSA) is 64.6 Å². The minimum atomic E-state index is -0.158. The van der Waals surface area contributed by atoms with E-state index in [0.717, 1.165) is 17.5 Å². The molecule has 2 rings (SSSR count). The quantitative estimate of drug-likeness (QED) is 0.690. The minimum Gasteiger partial charge on any atom is -0.392 e. The van der Waals surface area contributed by atoms with Crippen LogP contribution in [0.2, 0.25) is 0 Å². The predicted molar refractivity (Wildman–Crippen MR) is 100 cm³/mol. The Bertz CT molecular complexity index is 642. The Labute approximate surface area is 149 Å². The fraction of sp³-hybridized carbons (Fsp3) is 0.350. The molecule has 3 N–H and O–H groups in total. The molecule has 134 valence electrons. The lowest BCUT2D eigenvalue weighted by Gasteiger charge is -2.25. The van der Waals surface area contributed by atoms with Gasteiger partial charge in [0.15, 0.2) is 0 Å². The van der Waals surface area contributed by atoms with E-state index in [4.69, 9.17) is 5.11 Å². The molecule has 2 aromatic carbocycles. The SMILES string of the molecule is CN(C)C(CNC(=O)NCCc1ccc(CO)cc1)c1ccccc1. The second kappa shape index (κ2) is 9.81. The third-order valence-electron chi connectivity index (χ3n) is 4.17. The molecule has 0 saturated carbocycles. The number of likely N-dealkylation sites (N-methyl/N-ethyl adjacent to an activating group) is 1. The zero-order chi connectivity index (χ0) is 18.1. The van der Waals surface area contributed by atoms with Crippen LogP contribution in [0.1, 0.15) is 22.7 Å². The first-order valence-electron chi connectivity index (χ1n) is 8.52. The van der Waals surface area contributed by atoms with Gasteiger partial charge in [-0.1, -0.05) is 54.6 Å². The first kappa shape index (κ1) is 19.0. The number of hydrogen-bond acceptors (Lipinski definition) is 3. The molecule has 25 heavy (non-hydrogen) atoms. The highest BCUT2D eigenvalue weighted by molar-refractivity contribution is 5.73. The van der Waals surface area contributed by atoms with Crippen LogP contribution in [0.25, 0.3) is 0 Å². The normalized spacial score (nSPS) is 12.0. The maximum atomic E-state index is 12.0. The van der Waals surface area contributed by atoms with Crippen LogP contribution in [-0.2, 0) is 13.0 Å². The van der Waals surface area contributed by atoms with E-state index in [2.05, 4.69) is 27.7 Å². The van der Waals surface area contributed by atoms with Crippen molar-refractivity contribution >= 4 is 6.03 Å². The van der Waals surface area contributed by atoms with Gasteiger partial charge in [-0.25, -0.2) is 4.79 Å². The van der Waals surface area contributed by atoms with Crippen molar-refractivity contribution in [3.63, 3.8) is 0 Å². The molecule has 2 aromatic rings. The van der Waals surface area contributed by atoms with E-state index in [1.807, 2.05) is 56.6 Å². The molecule has 0 spiro atoms. The van der Waals surface area contributed by atoms with Gasteiger partial charge in [-0.05, 0) is 37.2 Å². The lowest BCUT2D eigenvalue weighted by Crippen LogP contribution is -2.41. The number of aliphatic hydroxyl groups is 1. The molecule has 1 atom stereocenters. The summed E-state index contributed by atoms with van der Waals surface area (Å²) >= 11 is 0. The van der Waals surface area contributed by atoms with Crippen LogP contribution in [-0.4, -0.2) is 43.2 Å². The van der Waals surface area contributed by atoms with Gasteiger partial charge in [-0.15, -0.1) is 0 Å². The van der Waals surface area contributed by atoms with Crippen LogP contribution in [0.15, 0.2) is 54.6 Å². The van der Waals surface area contributed by atoms with Crippen molar-refractivity contribution in [1.82, 2.24) is 15.5 Å². The number of amides is 2. The summed E-state index contributed by atoms with van der Waals surface area (Å²) in [7, 11) is 4.01. The summed E-state index contributed by atoms with van der Waals surface area (Å²) < 4.78 is 0. The van der Waals surface area contributed by atoms with Crippen LogP contribution < -0.4 is 10.6 Å². The number of benzene rings is 2. The van der Waals surface area contributed by atoms with E-state index in [1.165, 1.54) is 5.56 Å². The molecule has 0 bridgehead atoms. The second-order valence-corrected chi connectivity index (χ2v) is 6.25. The molecule has 1 unspecified atom stereocenters. The second-order valence-electron chi connectivity index (χ2n) is 6.25. The van der Waals surface area contributed by atoms with Gasteiger partial charge in [0.25, 0.3) is 0 Å². The molecular formula is C20H27N3O2. The summed E-state index contributed by atoms with van der Waals surface area (Å²) in [5.74, 6) is 0. The minimum absolute atomic E-state index is 0.0510. The monoisotopic (exact) mass is 341 g/mol. The molecule has 0 aliphatic heterocycles. The first-order chi connectivity index (χ1) is 12.1. The van der Waals surface area contributed by atoms with Crippen LogP contribution >= 0.6 is 0 Å². The first-order valence-corrected chi connectivity index (χ1v) is 8.52.